The third-order valence-corrected chi connectivity index (χ3v) is 4.35. The van der Waals surface area contributed by atoms with Crippen LogP contribution in [0.15, 0.2) is 0 Å². The molecule has 0 atom stereocenters. The number of rotatable bonds is 6. The van der Waals surface area contributed by atoms with Gasteiger partial charge in [-0.2, -0.15) is 12.7 Å². The van der Waals surface area contributed by atoms with Crippen LogP contribution in [0.25, 0.3) is 0 Å². The van der Waals surface area contributed by atoms with Crippen LogP contribution in [0.4, 0.5) is 5.13 Å². The molecular weight excluding hydrogens is 280 g/mol. The van der Waals surface area contributed by atoms with Crippen LogP contribution in [0.1, 0.15) is 11.4 Å². The summed E-state index contributed by atoms with van der Waals surface area (Å²) >= 11 is 1.13. The molecule has 102 valence electrons. The van der Waals surface area contributed by atoms with E-state index in [0.717, 1.165) is 15.6 Å². The number of hydrogen-bond donors (Lipinski definition) is 1. The second kappa shape index (κ2) is 6.07. The van der Waals surface area contributed by atoms with Gasteiger partial charge < -0.3 is 4.74 Å². The average Bonchev–Trinajstić information content (AvgIpc) is 2.70. The van der Waals surface area contributed by atoms with Crippen molar-refractivity contribution in [1.82, 2.24) is 14.5 Å². The standard InChI is InChI=1S/C8H14N4O4S2/c1-6-9-10-8(17-6)11-18(14,15)12(2)5-4-7(13)16-3/h4-5H2,1-3H3,(H,10,11). The van der Waals surface area contributed by atoms with Crippen molar-refractivity contribution in [2.24, 2.45) is 0 Å². The molecule has 0 aliphatic carbocycles. The molecular formula is C8H14N4O4S2. The summed E-state index contributed by atoms with van der Waals surface area (Å²) in [5.74, 6) is -0.469. The summed E-state index contributed by atoms with van der Waals surface area (Å²) in [6, 6.07) is 0. The van der Waals surface area contributed by atoms with E-state index in [1.807, 2.05) is 0 Å². The topological polar surface area (TPSA) is 101 Å². The van der Waals surface area contributed by atoms with Gasteiger partial charge in [0.15, 0.2) is 0 Å². The van der Waals surface area contributed by atoms with Gasteiger partial charge in [0.05, 0.1) is 13.5 Å². The normalized spacial score (nSPS) is 11.6. The maximum Gasteiger partial charge on any atom is 0.306 e. The van der Waals surface area contributed by atoms with Gasteiger partial charge in [0.25, 0.3) is 0 Å². The van der Waals surface area contributed by atoms with Crippen LogP contribution in [-0.4, -0.2) is 49.6 Å². The third-order valence-electron chi connectivity index (χ3n) is 2.01. The first-order valence-corrected chi connectivity index (χ1v) is 7.22. The number of aromatic nitrogens is 2. The van der Waals surface area contributed by atoms with E-state index in [2.05, 4.69) is 19.7 Å². The van der Waals surface area contributed by atoms with Gasteiger partial charge in [-0.25, -0.2) is 4.72 Å². The number of carbonyl (C=O) groups is 1. The Morgan fingerprint density at radius 3 is 2.67 bits per heavy atom. The van der Waals surface area contributed by atoms with Gasteiger partial charge in [0.2, 0.25) is 5.13 Å². The van der Waals surface area contributed by atoms with Gasteiger partial charge in [-0.1, -0.05) is 11.3 Å². The summed E-state index contributed by atoms with van der Waals surface area (Å²) in [7, 11) is -1.11. The van der Waals surface area contributed by atoms with Crippen molar-refractivity contribution in [3.8, 4) is 0 Å². The Kier molecular flexibility index (Phi) is 4.99. The number of nitrogens with zero attached hydrogens (tertiary/aromatic N) is 3. The van der Waals surface area contributed by atoms with Crippen LogP contribution in [0.3, 0.4) is 0 Å². The highest BCUT2D eigenvalue weighted by molar-refractivity contribution is 7.90. The van der Waals surface area contributed by atoms with Gasteiger partial charge in [-0.15, -0.1) is 10.2 Å². The zero-order valence-electron chi connectivity index (χ0n) is 10.2. The predicted octanol–water partition coefficient (Wildman–Crippen LogP) is -0.00188. The molecule has 10 heteroatoms. The van der Waals surface area contributed by atoms with Gasteiger partial charge in [0.1, 0.15) is 5.01 Å². The highest BCUT2D eigenvalue weighted by atomic mass is 32.2. The average molecular weight is 294 g/mol. The summed E-state index contributed by atoms with van der Waals surface area (Å²) < 4.78 is 31.3. The Balaban J connectivity index is 2.60. The van der Waals surface area contributed by atoms with E-state index in [1.165, 1.54) is 14.2 Å². The summed E-state index contributed by atoms with van der Waals surface area (Å²) in [4.78, 5) is 10.9. The predicted molar refractivity (Wildman–Crippen MR) is 66.5 cm³/mol. The summed E-state index contributed by atoms with van der Waals surface area (Å²) in [5, 5.41) is 8.20. The molecule has 1 N–H and O–H groups in total. The summed E-state index contributed by atoms with van der Waals surface area (Å²) in [6.45, 7) is 1.75. The van der Waals surface area contributed by atoms with Crippen molar-refractivity contribution in [2.45, 2.75) is 13.3 Å². The van der Waals surface area contributed by atoms with Gasteiger partial charge in [-0.05, 0) is 6.92 Å². The molecule has 0 amide bonds. The molecule has 0 unspecified atom stereocenters. The molecule has 0 aromatic carbocycles. The minimum atomic E-state index is -3.72. The van der Waals surface area contributed by atoms with Crippen LogP contribution in [0.2, 0.25) is 0 Å². The lowest BCUT2D eigenvalue weighted by atomic mass is 10.4. The molecule has 0 bridgehead atoms. The van der Waals surface area contributed by atoms with E-state index < -0.39 is 16.2 Å². The van der Waals surface area contributed by atoms with Crippen LogP contribution in [0, 0.1) is 6.92 Å². The molecule has 18 heavy (non-hydrogen) atoms. The number of esters is 1. The van der Waals surface area contributed by atoms with Crippen LogP contribution >= 0.6 is 11.3 Å². The van der Waals surface area contributed by atoms with Crippen LogP contribution in [0.5, 0.6) is 0 Å². The first-order valence-electron chi connectivity index (χ1n) is 4.96. The Hall–Kier alpha value is -1.26. The molecule has 0 saturated carbocycles. The fourth-order valence-electron chi connectivity index (χ4n) is 0.997. The van der Waals surface area contributed by atoms with Crippen molar-refractivity contribution >= 4 is 32.6 Å². The maximum atomic E-state index is 11.8. The molecule has 0 aliphatic heterocycles. The number of carbonyl (C=O) groups excluding carboxylic acids is 1. The molecule has 1 aromatic heterocycles. The Bertz CT molecular complexity index is 513. The number of aryl methyl sites for hydroxylation is 1. The van der Waals surface area contributed by atoms with E-state index in [1.54, 1.807) is 6.92 Å². The molecule has 0 aliphatic rings. The highest BCUT2D eigenvalue weighted by Gasteiger charge is 2.20. The number of ether oxygens (including phenoxy) is 1. The zero-order chi connectivity index (χ0) is 13.8. The van der Waals surface area contributed by atoms with Crippen molar-refractivity contribution in [3.63, 3.8) is 0 Å². The smallest absolute Gasteiger partial charge is 0.306 e. The second-order valence-corrected chi connectivity index (χ2v) is 6.34. The number of methoxy groups -OCH3 is 1. The Labute approximate surface area is 109 Å². The van der Waals surface area contributed by atoms with Crippen molar-refractivity contribution in [1.29, 1.82) is 0 Å². The Morgan fingerprint density at radius 2 is 2.17 bits per heavy atom. The highest BCUT2D eigenvalue weighted by Crippen LogP contribution is 2.16. The fourth-order valence-corrected chi connectivity index (χ4v) is 2.67. The summed E-state index contributed by atoms with van der Waals surface area (Å²) in [5.41, 5.74) is 0. The second-order valence-electron chi connectivity index (χ2n) is 3.38. The number of hydrogen-bond acceptors (Lipinski definition) is 7. The SMILES string of the molecule is COC(=O)CCN(C)S(=O)(=O)Nc1nnc(C)s1. The van der Waals surface area contributed by atoms with Gasteiger partial charge >= 0.3 is 16.2 Å². The zero-order valence-corrected chi connectivity index (χ0v) is 11.8. The molecule has 0 saturated heterocycles. The fraction of sp³-hybridized carbons (Fsp3) is 0.625. The van der Waals surface area contributed by atoms with E-state index in [4.69, 9.17) is 0 Å². The quantitative estimate of drug-likeness (QED) is 0.741. The third kappa shape index (κ3) is 4.20. The van der Waals surface area contributed by atoms with E-state index >= 15 is 0 Å². The number of anilines is 1. The lowest BCUT2D eigenvalue weighted by Crippen LogP contribution is -2.34. The van der Waals surface area contributed by atoms with Gasteiger partial charge in [0, 0.05) is 13.6 Å². The van der Waals surface area contributed by atoms with Crippen molar-refractivity contribution < 1.29 is 17.9 Å². The monoisotopic (exact) mass is 294 g/mol. The molecule has 0 fully saturated rings. The van der Waals surface area contributed by atoms with Crippen LogP contribution < -0.4 is 4.72 Å². The molecule has 1 heterocycles. The lowest BCUT2D eigenvalue weighted by molar-refractivity contribution is -0.140. The van der Waals surface area contributed by atoms with Crippen LogP contribution in [-0.2, 0) is 19.7 Å². The summed E-state index contributed by atoms with van der Waals surface area (Å²) in [6.07, 6.45) is -0.0109. The maximum absolute atomic E-state index is 11.8. The molecule has 0 spiro atoms. The Morgan fingerprint density at radius 1 is 1.50 bits per heavy atom. The lowest BCUT2D eigenvalue weighted by Gasteiger charge is -2.15. The van der Waals surface area contributed by atoms with E-state index in [-0.39, 0.29) is 18.1 Å². The molecule has 0 radical (unpaired) electrons. The molecule has 1 aromatic rings. The minimum absolute atomic E-state index is 0.0109. The van der Waals surface area contributed by atoms with Crippen molar-refractivity contribution in [3.05, 3.63) is 5.01 Å². The first-order chi connectivity index (χ1) is 8.35. The van der Waals surface area contributed by atoms with E-state index in [0.29, 0.717) is 5.01 Å². The van der Waals surface area contributed by atoms with E-state index in [9.17, 15) is 13.2 Å². The first kappa shape index (κ1) is 14.8. The minimum Gasteiger partial charge on any atom is -0.469 e. The number of nitrogens with one attached hydrogen (secondary N) is 1. The van der Waals surface area contributed by atoms with Crippen molar-refractivity contribution in [2.75, 3.05) is 25.4 Å². The largest absolute Gasteiger partial charge is 0.469 e. The molecule has 8 nitrogen and oxygen atoms in total. The molecule has 1 rings (SSSR count). The van der Waals surface area contributed by atoms with Gasteiger partial charge in [-0.3, -0.25) is 4.79 Å².